The summed E-state index contributed by atoms with van der Waals surface area (Å²) in [5.41, 5.74) is 12.7. The molecule has 1 atom stereocenters. The van der Waals surface area contributed by atoms with Crippen LogP contribution < -0.4 is 21.1 Å². The van der Waals surface area contributed by atoms with E-state index in [2.05, 4.69) is 28.0 Å². The molecule has 4 aromatic rings. The van der Waals surface area contributed by atoms with Crippen molar-refractivity contribution < 1.29 is 0 Å². The Bertz CT molecular complexity index is 1660. The maximum atomic E-state index is 14.1. The number of aryl methyl sites for hydroxylation is 1. The first-order valence-electron chi connectivity index (χ1n) is 13.6. The van der Waals surface area contributed by atoms with Gasteiger partial charge >= 0.3 is 0 Å². The van der Waals surface area contributed by atoms with E-state index in [0.29, 0.717) is 23.3 Å². The number of benzene rings is 2. The zero-order valence-electron chi connectivity index (χ0n) is 22.7. The van der Waals surface area contributed by atoms with Crippen molar-refractivity contribution in [3.63, 3.8) is 0 Å². The van der Waals surface area contributed by atoms with Crippen molar-refractivity contribution in [2.45, 2.75) is 45.8 Å². The fourth-order valence-electron chi connectivity index (χ4n) is 5.68. The van der Waals surface area contributed by atoms with Crippen molar-refractivity contribution in [3.05, 3.63) is 82.3 Å². The van der Waals surface area contributed by atoms with E-state index >= 15 is 0 Å². The lowest BCUT2D eigenvalue weighted by atomic mass is 10.1. The molecular formula is C30H34N8O. The van der Waals surface area contributed by atoms with Gasteiger partial charge in [-0.05, 0) is 44.9 Å². The Hall–Kier alpha value is -4.24. The zero-order chi connectivity index (χ0) is 27.1. The summed E-state index contributed by atoms with van der Waals surface area (Å²) in [6.07, 6.45) is 6.05. The second-order valence-corrected chi connectivity index (χ2v) is 10.3. The predicted molar refractivity (Wildman–Crippen MR) is 158 cm³/mol. The average Bonchev–Trinajstić information content (AvgIpc) is 3.29. The number of anilines is 3. The van der Waals surface area contributed by atoms with Gasteiger partial charge in [-0.25, -0.2) is 14.7 Å². The topological polar surface area (TPSA) is 97.6 Å². The standard InChI is InChI=1S/C30H34N8O/c1-4-5-17-37-28-27(33-30(37)36-16-10-11-21(31)18-36)20(2)34-38(29(28)39)19-24-22-12-6-8-14-25(22)35(3)26-15-9-7-13-23(26)32-24/h4-9,12-15,21H,10-11,16-19,31H2,1-3H3. The number of aromatic nitrogens is 4. The molecule has 0 bridgehead atoms. The highest BCUT2D eigenvalue weighted by Crippen LogP contribution is 2.38. The average molecular weight is 523 g/mol. The third kappa shape index (κ3) is 4.42. The molecule has 1 unspecified atom stereocenters. The zero-order valence-corrected chi connectivity index (χ0v) is 22.7. The molecule has 0 spiro atoms. The smallest absolute Gasteiger partial charge is 0.293 e. The number of fused-ring (bicyclic) bond motifs is 3. The lowest BCUT2D eigenvalue weighted by molar-refractivity contribution is 0.495. The van der Waals surface area contributed by atoms with Crippen LogP contribution in [-0.2, 0) is 13.1 Å². The van der Waals surface area contributed by atoms with Gasteiger partial charge in [-0.15, -0.1) is 0 Å². The van der Waals surface area contributed by atoms with Crippen molar-refractivity contribution in [1.29, 1.82) is 0 Å². The molecule has 2 aromatic carbocycles. The molecule has 0 amide bonds. The normalized spacial score (nSPS) is 17.3. The van der Waals surface area contributed by atoms with Gasteiger partial charge in [-0.1, -0.05) is 42.5 Å². The number of para-hydroxylation sites is 3. The largest absolute Gasteiger partial charge is 0.342 e. The number of hydrogen-bond donors (Lipinski definition) is 1. The number of piperidine rings is 1. The molecule has 9 heteroatoms. The van der Waals surface area contributed by atoms with E-state index in [9.17, 15) is 4.79 Å². The summed E-state index contributed by atoms with van der Waals surface area (Å²) in [4.78, 5) is 28.5. The molecule has 0 radical (unpaired) electrons. The van der Waals surface area contributed by atoms with Gasteiger partial charge in [0.1, 0.15) is 11.0 Å². The fourth-order valence-corrected chi connectivity index (χ4v) is 5.68. The van der Waals surface area contributed by atoms with Crippen LogP contribution in [0.4, 0.5) is 23.0 Å². The van der Waals surface area contributed by atoms with Gasteiger partial charge in [-0.2, -0.15) is 5.10 Å². The molecule has 2 N–H and O–H groups in total. The van der Waals surface area contributed by atoms with E-state index in [0.717, 1.165) is 60.2 Å². The van der Waals surface area contributed by atoms with Gasteiger partial charge in [-0.3, -0.25) is 4.79 Å². The molecule has 1 fully saturated rings. The van der Waals surface area contributed by atoms with E-state index in [-0.39, 0.29) is 18.1 Å². The fraction of sp³-hybridized carbons (Fsp3) is 0.333. The Morgan fingerprint density at radius 2 is 1.87 bits per heavy atom. The van der Waals surface area contributed by atoms with Gasteiger partial charge in [0.05, 0.1) is 35.0 Å². The number of imidazole rings is 1. The van der Waals surface area contributed by atoms with E-state index in [4.69, 9.17) is 20.8 Å². The Balaban J connectivity index is 1.50. The molecule has 4 heterocycles. The summed E-state index contributed by atoms with van der Waals surface area (Å²) in [6, 6.07) is 16.3. The molecule has 200 valence electrons. The molecule has 39 heavy (non-hydrogen) atoms. The first-order chi connectivity index (χ1) is 19.0. The number of rotatable bonds is 5. The second kappa shape index (κ2) is 10.1. The molecule has 2 aliphatic heterocycles. The highest BCUT2D eigenvalue weighted by atomic mass is 16.1. The number of nitrogens with two attached hydrogens (primary N) is 1. The van der Waals surface area contributed by atoms with Crippen molar-refractivity contribution in [1.82, 2.24) is 19.3 Å². The predicted octanol–water partition coefficient (Wildman–Crippen LogP) is 4.31. The molecule has 2 aliphatic rings. The summed E-state index contributed by atoms with van der Waals surface area (Å²) in [5, 5.41) is 4.74. The SMILES string of the molecule is CC=CCn1c(N2CCCC(N)C2)nc2c(C)nn(CC3=Nc4ccccc4N(C)c4ccccc43)c(=O)c21. The molecule has 9 nitrogen and oxygen atoms in total. The van der Waals surface area contributed by atoms with Crippen LogP contribution in [-0.4, -0.2) is 51.2 Å². The lowest BCUT2D eigenvalue weighted by Crippen LogP contribution is -2.44. The van der Waals surface area contributed by atoms with Gasteiger partial charge in [0.15, 0.2) is 0 Å². The summed E-state index contributed by atoms with van der Waals surface area (Å²) >= 11 is 0. The molecule has 1 saturated heterocycles. The minimum absolute atomic E-state index is 0.0962. The summed E-state index contributed by atoms with van der Waals surface area (Å²) in [7, 11) is 2.05. The summed E-state index contributed by atoms with van der Waals surface area (Å²) < 4.78 is 3.56. The van der Waals surface area contributed by atoms with E-state index < -0.39 is 0 Å². The molecular weight excluding hydrogens is 488 g/mol. The van der Waals surface area contributed by atoms with Crippen LogP contribution in [0.1, 0.15) is 31.0 Å². The van der Waals surface area contributed by atoms with Gasteiger partial charge < -0.3 is 20.1 Å². The monoisotopic (exact) mass is 522 g/mol. The van der Waals surface area contributed by atoms with Crippen molar-refractivity contribution in [2.75, 3.05) is 29.9 Å². The third-order valence-corrected chi connectivity index (χ3v) is 7.64. The Morgan fingerprint density at radius 1 is 1.10 bits per heavy atom. The van der Waals surface area contributed by atoms with Crippen molar-refractivity contribution in [2.24, 2.45) is 10.7 Å². The van der Waals surface area contributed by atoms with Gasteiger partial charge in [0, 0.05) is 38.3 Å². The van der Waals surface area contributed by atoms with Crippen LogP contribution in [0, 0.1) is 6.92 Å². The highest BCUT2D eigenvalue weighted by Gasteiger charge is 2.26. The van der Waals surface area contributed by atoms with Crippen LogP contribution >= 0.6 is 0 Å². The van der Waals surface area contributed by atoms with Gasteiger partial charge in [0.2, 0.25) is 5.95 Å². The van der Waals surface area contributed by atoms with Crippen LogP contribution in [0.2, 0.25) is 0 Å². The molecule has 6 rings (SSSR count). The summed E-state index contributed by atoms with van der Waals surface area (Å²) in [5.74, 6) is 0.783. The summed E-state index contributed by atoms with van der Waals surface area (Å²) in [6.45, 7) is 6.29. The minimum Gasteiger partial charge on any atom is -0.342 e. The lowest BCUT2D eigenvalue weighted by Gasteiger charge is -2.31. The minimum atomic E-state index is -0.175. The Labute approximate surface area is 227 Å². The molecule has 0 aliphatic carbocycles. The Kier molecular flexibility index (Phi) is 6.52. The van der Waals surface area contributed by atoms with E-state index in [1.165, 1.54) is 0 Å². The maximum absolute atomic E-state index is 14.1. The number of aliphatic imine (C=N–C) groups is 1. The third-order valence-electron chi connectivity index (χ3n) is 7.64. The van der Waals surface area contributed by atoms with E-state index in [1.807, 2.05) is 67.9 Å². The van der Waals surface area contributed by atoms with Crippen LogP contribution in [0.25, 0.3) is 11.0 Å². The first kappa shape index (κ1) is 25.1. The van der Waals surface area contributed by atoms with Crippen LogP contribution in [0.5, 0.6) is 0 Å². The maximum Gasteiger partial charge on any atom is 0.293 e. The van der Waals surface area contributed by atoms with Gasteiger partial charge in [0.25, 0.3) is 5.56 Å². The number of allylic oxidation sites excluding steroid dienone is 2. The van der Waals surface area contributed by atoms with Crippen LogP contribution in [0.3, 0.4) is 0 Å². The van der Waals surface area contributed by atoms with E-state index in [1.54, 1.807) is 4.68 Å². The highest BCUT2D eigenvalue weighted by molar-refractivity contribution is 6.09. The Morgan fingerprint density at radius 3 is 2.67 bits per heavy atom. The molecule has 2 aromatic heterocycles. The second-order valence-electron chi connectivity index (χ2n) is 10.3. The first-order valence-corrected chi connectivity index (χ1v) is 13.6. The van der Waals surface area contributed by atoms with Crippen molar-refractivity contribution in [3.8, 4) is 0 Å². The number of hydrogen-bond acceptors (Lipinski definition) is 7. The van der Waals surface area contributed by atoms with Crippen LogP contribution in [0.15, 0.2) is 70.5 Å². The molecule has 0 saturated carbocycles. The number of nitrogens with zero attached hydrogens (tertiary/aromatic N) is 7. The quantitative estimate of drug-likeness (QED) is 0.393. The van der Waals surface area contributed by atoms with Crippen molar-refractivity contribution >= 4 is 39.8 Å².